The Morgan fingerprint density at radius 1 is 1.21 bits per heavy atom. The minimum Gasteiger partial charge on any atom is -0.333 e. The highest BCUT2D eigenvalue weighted by atomic mass is 32.1. The molecule has 0 radical (unpaired) electrons. The molecule has 2 amide bonds. The molecular formula is C23H27FN2O2S. The Labute approximate surface area is 175 Å². The van der Waals surface area contributed by atoms with Gasteiger partial charge in [-0.25, -0.2) is 4.39 Å². The SMILES string of the molecule is CCCCN(CC(=O)N1CCc2sccc2[C@H]1c1ccc(F)cc1)C(=O)C1CC1. The third-order valence-electron chi connectivity index (χ3n) is 5.82. The zero-order valence-corrected chi connectivity index (χ0v) is 17.6. The first-order valence-electron chi connectivity index (χ1n) is 10.5. The molecule has 6 heteroatoms. The van der Waals surface area contributed by atoms with Crippen molar-refractivity contribution in [1.29, 1.82) is 0 Å². The van der Waals surface area contributed by atoms with Crippen molar-refractivity contribution in [2.45, 2.75) is 45.1 Å². The molecule has 29 heavy (non-hydrogen) atoms. The van der Waals surface area contributed by atoms with Gasteiger partial charge in [0.2, 0.25) is 11.8 Å². The Morgan fingerprint density at radius 3 is 2.66 bits per heavy atom. The third-order valence-corrected chi connectivity index (χ3v) is 6.81. The number of hydrogen-bond donors (Lipinski definition) is 0. The standard InChI is InChI=1S/C23H27FN2O2S/c1-2-3-12-25(23(28)17-4-5-17)15-21(27)26-13-10-20-19(11-14-29-20)22(26)16-6-8-18(24)9-7-16/h6-9,11,14,17,22H,2-5,10,12-13,15H2,1H3/t22-/m1/s1. The normalized spacial score (nSPS) is 18.4. The molecular weight excluding hydrogens is 387 g/mol. The molecule has 1 aliphatic heterocycles. The zero-order chi connectivity index (χ0) is 20.4. The zero-order valence-electron chi connectivity index (χ0n) is 16.8. The van der Waals surface area contributed by atoms with E-state index in [1.54, 1.807) is 28.4 Å². The van der Waals surface area contributed by atoms with Gasteiger partial charge in [0.1, 0.15) is 5.82 Å². The van der Waals surface area contributed by atoms with Crippen molar-refractivity contribution in [2.24, 2.45) is 5.92 Å². The van der Waals surface area contributed by atoms with E-state index in [1.807, 2.05) is 4.90 Å². The summed E-state index contributed by atoms with van der Waals surface area (Å²) in [5.74, 6) is -0.0780. The number of unbranched alkanes of at least 4 members (excludes halogenated alkanes) is 1. The van der Waals surface area contributed by atoms with Crippen molar-refractivity contribution in [1.82, 2.24) is 9.80 Å². The average molecular weight is 415 g/mol. The number of nitrogens with zero attached hydrogens (tertiary/aromatic N) is 2. The predicted octanol–water partition coefficient (Wildman–Crippen LogP) is 4.40. The molecule has 4 rings (SSSR count). The fraction of sp³-hybridized carbons (Fsp3) is 0.478. The van der Waals surface area contributed by atoms with Crippen molar-refractivity contribution in [3.63, 3.8) is 0 Å². The van der Waals surface area contributed by atoms with Crippen molar-refractivity contribution in [2.75, 3.05) is 19.6 Å². The second kappa shape index (κ2) is 8.66. The number of hydrogen-bond acceptors (Lipinski definition) is 3. The van der Waals surface area contributed by atoms with Gasteiger partial charge >= 0.3 is 0 Å². The maximum atomic E-state index is 13.5. The molecule has 154 valence electrons. The van der Waals surface area contributed by atoms with Gasteiger partial charge in [-0.1, -0.05) is 25.5 Å². The summed E-state index contributed by atoms with van der Waals surface area (Å²) in [5, 5.41) is 2.05. The molecule has 2 aromatic rings. The topological polar surface area (TPSA) is 40.6 Å². The number of benzene rings is 1. The van der Waals surface area contributed by atoms with Crippen molar-refractivity contribution < 1.29 is 14.0 Å². The van der Waals surface area contributed by atoms with E-state index in [0.29, 0.717) is 13.1 Å². The summed E-state index contributed by atoms with van der Waals surface area (Å²) in [7, 11) is 0. The number of thiophene rings is 1. The van der Waals surface area contributed by atoms with Crippen LogP contribution in [0.3, 0.4) is 0 Å². The molecule has 0 N–H and O–H groups in total. The highest BCUT2D eigenvalue weighted by Gasteiger charge is 2.37. The van der Waals surface area contributed by atoms with Gasteiger partial charge < -0.3 is 9.80 Å². The van der Waals surface area contributed by atoms with Gasteiger partial charge in [-0.2, -0.15) is 0 Å². The first-order valence-corrected chi connectivity index (χ1v) is 11.4. The number of amides is 2. The monoisotopic (exact) mass is 414 g/mol. The largest absolute Gasteiger partial charge is 0.333 e. The van der Waals surface area contributed by atoms with Crippen LogP contribution in [0.15, 0.2) is 35.7 Å². The molecule has 4 nitrogen and oxygen atoms in total. The lowest BCUT2D eigenvalue weighted by Gasteiger charge is -2.37. The molecule has 0 bridgehead atoms. The van der Waals surface area contributed by atoms with E-state index in [2.05, 4.69) is 18.4 Å². The smallest absolute Gasteiger partial charge is 0.242 e. The van der Waals surface area contributed by atoms with Crippen LogP contribution in [-0.4, -0.2) is 41.2 Å². The molecule has 0 saturated heterocycles. The minimum absolute atomic E-state index is 0.0266. The fourth-order valence-corrected chi connectivity index (χ4v) is 4.95. The first-order chi connectivity index (χ1) is 14.1. The van der Waals surface area contributed by atoms with Gasteiger partial charge in [0.15, 0.2) is 0 Å². The Balaban J connectivity index is 1.58. The third kappa shape index (κ3) is 4.37. The summed E-state index contributed by atoms with van der Waals surface area (Å²) in [6.45, 7) is 3.48. The second-order valence-corrected chi connectivity index (χ2v) is 8.98. The summed E-state index contributed by atoms with van der Waals surface area (Å²) in [5.41, 5.74) is 2.03. The molecule has 2 heterocycles. The van der Waals surface area contributed by atoms with Gasteiger partial charge in [-0.15, -0.1) is 11.3 Å². The van der Waals surface area contributed by atoms with Gasteiger partial charge in [0, 0.05) is 23.9 Å². The number of rotatable bonds is 7. The lowest BCUT2D eigenvalue weighted by Crippen LogP contribution is -2.47. The fourth-order valence-electron chi connectivity index (χ4n) is 4.05. The van der Waals surface area contributed by atoms with Gasteiger partial charge in [0.25, 0.3) is 0 Å². The minimum atomic E-state index is -0.284. The molecule has 2 aliphatic rings. The van der Waals surface area contributed by atoms with Crippen LogP contribution in [0.5, 0.6) is 0 Å². The van der Waals surface area contributed by atoms with Crippen LogP contribution in [0.1, 0.15) is 54.7 Å². The highest BCUT2D eigenvalue weighted by molar-refractivity contribution is 7.10. The van der Waals surface area contributed by atoms with E-state index in [4.69, 9.17) is 0 Å². The van der Waals surface area contributed by atoms with E-state index in [-0.39, 0.29) is 36.1 Å². The van der Waals surface area contributed by atoms with E-state index in [1.165, 1.54) is 17.0 Å². The molecule has 0 spiro atoms. The maximum absolute atomic E-state index is 13.5. The van der Waals surface area contributed by atoms with Gasteiger partial charge in [-0.3, -0.25) is 9.59 Å². The molecule has 1 atom stereocenters. The number of fused-ring (bicyclic) bond motifs is 1. The van der Waals surface area contributed by atoms with Crippen LogP contribution in [0.25, 0.3) is 0 Å². The summed E-state index contributed by atoms with van der Waals surface area (Å²) >= 11 is 1.71. The molecule has 1 aliphatic carbocycles. The highest BCUT2D eigenvalue weighted by Crippen LogP contribution is 2.38. The lowest BCUT2D eigenvalue weighted by atomic mass is 9.93. The number of halogens is 1. The summed E-state index contributed by atoms with van der Waals surface area (Å²) in [4.78, 5) is 31.0. The summed E-state index contributed by atoms with van der Waals surface area (Å²) in [6.07, 6.45) is 4.60. The van der Waals surface area contributed by atoms with Crippen LogP contribution in [0, 0.1) is 11.7 Å². The quantitative estimate of drug-likeness (QED) is 0.674. The predicted molar refractivity (Wildman–Crippen MR) is 112 cm³/mol. The van der Waals surface area contributed by atoms with Crippen molar-refractivity contribution in [3.05, 3.63) is 57.5 Å². The Morgan fingerprint density at radius 2 is 1.97 bits per heavy atom. The van der Waals surface area contributed by atoms with E-state index < -0.39 is 0 Å². The van der Waals surface area contributed by atoms with Crippen LogP contribution in [0.4, 0.5) is 4.39 Å². The molecule has 1 aromatic heterocycles. The van der Waals surface area contributed by atoms with E-state index in [0.717, 1.165) is 43.2 Å². The molecule has 1 saturated carbocycles. The second-order valence-electron chi connectivity index (χ2n) is 7.98. The Kier molecular flexibility index (Phi) is 5.99. The number of carbonyl (C=O) groups is 2. The summed E-state index contributed by atoms with van der Waals surface area (Å²) in [6, 6.07) is 8.26. The van der Waals surface area contributed by atoms with Crippen LogP contribution >= 0.6 is 11.3 Å². The van der Waals surface area contributed by atoms with Gasteiger partial charge in [0.05, 0.1) is 12.6 Å². The molecule has 0 unspecified atom stereocenters. The molecule has 1 aromatic carbocycles. The van der Waals surface area contributed by atoms with Crippen LogP contribution < -0.4 is 0 Å². The van der Waals surface area contributed by atoms with Crippen LogP contribution in [0.2, 0.25) is 0 Å². The average Bonchev–Trinajstić information content (AvgIpc) is 3.47. The molecule has 1 fully saturated rings. The first kappa shape index (κ1) is 20.1. The van der Waals surface area contributed by atoms with Crippen molar-refractivity contribution >= 4 is 23.2 Å². The van der Waals surface area contributed by atoms with Gasteiger partial charge in [-0.05, 0) is 60.4 Å². The number of carbonyl (C=O) groups excluding carboxylic acids is 2. The maximum Gasteiger partial charge on any atom is 0.242 e. The van der Waals surface area contributed by atoms with Crippen molar-refractivity contribution in [3.8, 4) is 0 Å². The van der Waals surface area contributed by atoms with E-state index in [9.17, 15) is 14.0 Å². The lowest BCUT2D eigenvalue weighted by molar-refractivity contribution is -0.142. The summed E-state index contributed by atoms with van der Waals surface area (Å²) < 4.78 is 13.5. The Bertz CT molecular complexity index is 875. The van der Waals surface area contributed by atoms with E-state index >= 15 is 0 Å². The Hall–Kier alpha value is -2.21. The van der Waals surface area contributed by atoms with Crippen LogP contribution in [-0.2, 0) is 16.0 Å².